The van der Waals surface area contributed by atoms with Crippen molar-refractivity contribution in [3.63, 3.8) is 0 Å². The summed E-state index contributed by atoms with van der Waals surface area (Å²) >= 11 is 0. The summed E-state index contributed by atoms with van der Waals surface area (Å²) in [5.74, 6) is 0.0291. The molecule has 1 aliphatic heterocycles. The Morgan fingerprint density at radius 1 is 1.38 bits per heavy atom. The van der Waals surface area contributed by atoms with E-state index >= 15 is 0 Å². The molecule has 0 aromatic carbocycles. The SMILES string of the molecule is Cn1ccc(-c2cc(C(=O)N3CCOCC4(CCCC4)C3)[nH]n2)c1. The summed E-state index contributed by atoms with van der Waals surface area (Å²) in [5.41, 5.74) is 2.54. The minimum Gasteiger partial charge on any atom is -0.379 e. The Bertz CT molecular complexity index is 727. The summed E-state index contributed by atoms with van der Waals surface area (Å²) in [6, 6.07) is 3.85. The van der Waals surface area contributed by atoms with Crippen LogP contribution < -0.4 is 0 Å². The topological polar surface area (TPSA) is 63.1 Å². The van der Waals surface area contributed by atoms with E-state index in [2.05, 4.69) is 10.2 Å². The first kappa shape index (κ1) is 15.4. The van der Waals surface area contributed by atoms with E-state index in [9.17, 15) is 4.79 Å². The summed E-state index contributed by atoms with van der Waals surface area (Å²) in [7, 11) is 1.97. The molecular weight excluding hydrogens is 304 g/mol. The van der Waals surface area contributed by atoms with Gasteiger partial charge in [-0.25, -0.2) is 0 Å². The summed E-state index contributed by atoms with van der Waals surface area (Å²) in [6.07, 6.45) is 8.78. The molecule has 1 N–H and O–H groups in total. The molecule has 6 heteroatoms. The molecule has 1 amide bonds. The second-order valence-electron chi connectivity index (χ2n) is 7.22. The normalized spacial score (nSPS) is 20.5. The summed E-state index contributed by atoms with van der Waals surface area (Å²) < 4.78 is 7.78. The molecule has 0 bridgehead atoms. The van der Waals surface area contributed by atoms with Crippen LogP contribution in [0.1, 0.15) is 36.2 Å². The largest absolute Gasteiger partial charge is 0.379 e. The first-order chi connectivity index (χ1) is 11.7. The zero-order valence-corrected chi connectivity index (χ0v) is 14.1. The summed E-state index contributed by atoms with van der Waals surface area (Å²) in [5, 5.41) is 7.23. The Balaban J connectivity index is 1.53. The van der Waals surface area contributed by atoms with Crippen LogP contribution in [0.15, 0.2) is 24.5 Å². The molecule has 4 rings (SSSR count). The molecule has 2 aromatic heterocycles. The van der Waals surface area contributed by atoms with Crippen LogP contribution >= 0.6 is 0 Å². The third-order valence-corrected chi connectivity index (χ3v) is 5.33. The number of rotatable bonds is 2. The molecule has 0 radical (unpaired) electrons. The van der Waals surface area contributed by atoms with Gasteiger partial charge in [0.15, 0.2) is 0 Å². The van der Waals surface area contributed by atoms with Crippen molar-refractivity contribution < 1.29 is 9.53 Å². The number of carbonyl (C=O) groups excluding carboxylic acids is 1. The molecule has 2 fully saturated rings. The Morgan fingerprint density at radius 2 is 2.21 bits per heavy atom. The van der Waals surface area contributed by atoms with Gasteiger partial charge in [-0.15, -0.1) is 0 Å². The first-order valence-corrected chi connectivity index (χ1v) is 8.70. The van der Waals surface area contributed by atoms with Crippen molar-refractivity contribution in [2.75, 3.05) is 26.3 Å². The lowest BCUT2D eigenvalue weighted by Gasteiger charge is -2.31. The van der Waals surface area contributed by atoms with E-state index in [-0.39, 0.29) is 11.3 Å². The Hall–Kier alpha value is -2.08. The van der Waals surface area contributed by atoms with Crippen molar-refractivity contribution in [1.29, 1.82) is 0 Å². The van der Waals surface area contributed by atoms with Crippen LogP contribution in [0.3, 0.4) is 0 Å². The molecule has 128 valence electrons. The lowest BCUT2D eigenvalue weighted by Crippen LogP contribution is -2.40. The van der Waals surface area contributed by atoms with Crippen molar-refractivity contribution in [2.24, 2.45) is 12.5 Å². The van der Waals surface area contributed by atoms with Gasteiger partial charge in [0.2, 0.25) is 0 Å². The number of amides is 1. The molecule has 1 saturated carbocycles. The number of nitrogens with one attached hydrogen (secondary N) is 1. The molecule has 1 spiro atoms. The number of hydrogen-bond acceptors (Lipinski definition) is 3. The van der Waals surface area contributed by atoms with Crippen molar-refractivity contribution in [3.05, 3.63) is 30.2 Å². The van der Waals surface area contributed by atoms with Crippen molar-refractivity contribution in [2.45, 2.75) is 25.7 Å². The predicted molar refractivity (Wildman–Crippen MR) is 90.6 cm³/mol. The number of aromatic amines is 1. The molecule has 3 heterocycles. The zero-order chi connectivity index (χ0) is 16.6. The fourth-order valence-corrected chi connectivity index (χ4v) is 4.00. The maximum absolute atomic E-state index is 12.9. The van der Waals surface area contributed by atoms with Gasteiger partial charge >= 0.3 is 0 Å². The minimum absolute atomic E-state index is 0.0291. The maximum Gasteiger partial charge on any atom is 0.271 e. The monoisotopic (exact) mass is 328 g/mol. The van der Waals surface area contributed by atoms with Crippen LogP contribution in [-0.4, -0.2) is 51.9 Å². The molecule has 6 nitrogen and oxygen atoms in total. The second-order valence-corrected chi connectivity index (χ2v) is 7.22. The molecule has 1 saturated heterocycles. The average molecular weight is 328 g/mol. The highest BCUT2D eigenvalue weighted by atomic mass is 16.5. The van der Waals surface area contributed by atoms with Gasteiger partial charge in [-0.05, 0) is 25.0 Å². The molecule has 24 heavy (non-hydrogen) atoms. The molecule has 2 aromatic rings. The predicted octanol–water partition coefficient (Wildman–Crippen LogP) is 2.45. The fourth-order valence-electron chi connectivity index (χ4n) is 4.00. The molecular formula is C18H24N4O2. The molecule has 2 aliphatic rings. The molecule has 0 atom stereocenters. The number of aromatic nitrogens is 3. The van der Waals surface area contributed by atoms with Gasteiger partial charge < -0.3 is 14.2 Å². The smallest absolute Gasteiger partial charge is 0.271 e. The lowest BCUT2D eigenvalue weighted by atomic mass is 9.86. The van der Waals surface area contributed by atoms with Crippen molar-refractivity contribution in [3.8, 4) is 11.3 Å². The van der Waals surface area contributed by atoms with Gasteiger partial charge in [-0.2, -0.15) is 5.10 Å². The van der Waals surface area contributed by atoms with Crippen LogP contribution in [0.4, 0.5) is 0 Å². The number of carbonyl (C=O) groups is 1. The van der Waals surface area contributed by atoms with Crippen LogP contribution in [0.5, 0.6) is 0 Å². The molecule has 0 unspecified atom stereocenters. The van der Waals surface area contributed by atoms with Gasteiger partial charge in [0.05, 0.1) is 18.9 Å². The third-order valence-electron chi connectivity index (χ3n) is 5.33. The standard InChI is InChI=1S/C18H24N4O2/c1-21-7-4-14(11-21)15-10-16(20-19-15)17(23)22-8-9-24-13-18(12-22)5-2-3-6-18/h4,7,10-11H,2-3,5-6,8-9,12-13H2,1H3,(H,19,20). The van der Waals surface area contributed by atoms with E-state index in [0.717, 1.165) is 37.3 Å². The number of aryl methyl sites for hydroxylation is 1. The van der Waals surface area contributed by atoms with Gasteiger partial charge in [0, 0.05) is 43.5 Å². The van der Waals surface area contributed by atoms with E-state index in [1.165, 1.54) is 12.8 Å². The zero-order valence-electron chi connectivity index (χ0n) is 14.1. The Kier molecular flexibility index (Phi) is 3.92. The van der Waals surface area contributed by atoms with Gasteiger partial charge in [-0.1, -0.05) is 12.8 Å². The van der Waals surface area contributed by atoms with Crippen LogP contribution in [-0.2, 0) is 11.8 Å². The van der Waals surface area contributed by atoms with E-state index < -0.39 is 0 Å². The van der Waals surface area contributed by atoms with E-state index in [1.54, 1.807) is 0 Å². The number of hydrogen-bond donors (Lipinski definition) is 1. The van der Waals surface area contributed by atoms with E-state index in [4.69, 9.17) is 4.74 Å². The van der Waals surface area contributed by atoms with Crippen LogP contribution in [0, 0.1) is 5.41 Å². The quantitative estimate of drug-likeness (QED) is 0.921. The summed E-state index contributed by atoms with van der Waals surface area (Å²) in [4.78, 5) is 14.9. The van der Waals surface area contributed by atoms with Crippen LogP contribution in [0.25, 0.3) is 11.3 Å². The minimum atomic E-state index is 0.0291. The van der Waals surface area contributed by atoms with E-state index in [1.807, 2.05) is 41.0 Å². The summed E-state index contributed by atoms with van der Waals surface area (Å²) in [6.45, 7) is 2.86. The Labute approximate surface area is 141 Å². The van der Waals surface area contributed by atoms with Gasteiger partial charge in [-0.3, -0.25) is 9.89 Å². The molecule has 1 aliphatic carbocycles. The third kappa shape index (κ3) is 2.86. The maximum atomic E-state index is 12.9. The second kappa shape index (κ2) is 6.09. The van der Waals surface area contributed by atoms with Gasteiger partial charge in [0.25, 0.3) is 5.91 Å². The van der Waals surface area contributed by atoms with Crippen LogP contribution in [0.2, 0.25) is 0 Å². The average Bonchev–Trinajstić information content (AvgIpc) is 3.27. The first-order valence-electron chi connectivity index (χ1n) is 8.70. The highest BCUT2D eigenvalue weighted by Crippen LogP contribution is 2.40. The lowest BCUT2D eigenvalue weighted by molar-refractivity contribution is 0.0641. The van der Waals surface area contributed by atoms with Crippen molar-refractivity contribution in [1.82, 2.24) is 19.7 Å². The highest BCUT2D eigenvalue weighted by Gasteiger charge is 2.39. The Morgan fingerprint density at radius 3 is 2.96 bits per heavy atom. The highest BCUT2D eigenvalue weighted by molar-refractivity contribution is 5.93. The number of ether oxygens (including phenoxy) is 1. The van der Waals surface area contributed by atoms with Crippen molar-refractivity contribution >= 4 is 5.91 Å². The number of H-pyrrole nitrogens is 1. The number of nitrogens with zero attached hydrogens (tertiary/aromatic N) is 3. The van der Waals surface area contributed by atoms with Gasteiger partial charge in [0.1, 0.15) is 5.69 Å². The van der Waals surface area contributed by atoms with E-state index in [0.29, 0.717) is 18.8 Å². The fraction of sp³-hybridized carbons (Fsp3) is 0.556.